The van der Waals surface area contributed by atoms with Crippen LogP contribution in [0.25, 0.3) is 11.0 Å². The zero-order valence-electron chi connectivity index (χ0n) is 11.1. The fraction of sp³-hybridized carbons (Fsp3) is 0. The number of benzene rings is 2. The van der Waals surface area contributed by atoms with Crippen LogP contribution in [0.3, 0.4) is 0 Å². The highest BCUT2D eigenvalue weighted by molar-refractivity contribution is 9.10. The maximum absolute atomic E-state index is 12.3. The minimum absolute atomic E-state index is 0.0743. The van der Waals surface area contributed by atoms with Gasteiger partial charge in [0.05, 0.1) is 0 Å². The molecule has 6 heteroatoms. The van der Waals surface area contributed by atoms with Crippen molar-refractivity contribution in [3.05, 3.63) is 74.0 Å². The topological polar surface area (TPSA) is 59.3 Å². The lowest BCUT2D eigenvalue weighted by atomic mass is 10.1. The number of anilines is 1. The second kappa shape index (κ2) is 5.94. The van der Waals surface area contributed by atoms with E-state index in [1.807, 2.05) is 6.07 Å². The Labute approximate surface area is 138 Å². The minimum Gasteiger partial charge on any atom is -0.422 e. The van der Waals surface area contributed by atoms with Crippen molar-refractivity contribution < 1.29 is 9.21 Å². The lowest BCUT2D eigenvalue weighted by molar-refractivity contribution is 0.102. The first-order chi connectivity index (χ1) is 10.5. The Morgan fingerprint density at radius 1 is 1.14 bits per heavy atom. The quantitative estimate of drug-likeness (QED) is 0.670. The van der Waals surface area contributed by atoms with Gasteiger partial charge in [0.2, 0.25) is 0 Å². The number of rotatable bonds is 2. The average molecular weight is 379 g/mol. The maximum Gasteiger partial charge on any atom is 0.349 e. The van der Waals surface area contributed by atoms with Crippen molar-refractivity contribution in [1.29, 1.82) is 0 Å². The molecule has 1 heterocycles. The van der Waals surface area contributed by atoms with E-state index in [1.165, 1.54) is 6.07 Å². The third-order valence-electron chi connectivity index (χ3n) is 3.02. The van der Waals surface area contributed by atoms with Crippen molar-refractivity contribution in [3.63, 3.8) is 0 Å². The van der Waals surface area contributed by atoms with Crippen LogP contribution in [0.5, 0.6) is 0 Å². The number of hydrogen-bond acceptors (Lipinski definition) is 3. The largest absolute Gasteiger partial charge is 0.422 e. The summed E-state index contributed by atoms with van der Waals surface area (Å²) >= 11 is 9.23. The molecule has 4 nitrogen and oxygen atoms in total. The van der Waals surface area contributed by atoms with Gasteiger partial charge >= 0.3 is 5.63 Å². The molecule has 1 aromatic heterocycles. The molecule has 3 aromatic rings. The summed E-state index contributed by atoms with van der Waals surface area (Å²) in [7, 11) is 0. The number of nitrogens with one attached hydrogen (secondary N) is 1. The number of fused-ring (bicyclic) bond motifs is 1. The zero-order chi connectivity index (χ0) is 15.7. The maximum atomic E-state index is 12.3. The first-order valence-corrected chi connectivity index (χ1v) is 7.50. The van der Waals surface area contributed by atoms with Crippen LogP contribution in [0.2, 0.25) is 5.02 Å². The molecule has 0 unspecified atom stereocenters. The van der Waals surface area contributed by atoms with Crippen molar-refractivity contribution in [2.75, 3.05) is 5.32 Å². The fourth-order valence-corrected chi connectivity index (χ4v) is 2.60. The van der Waals surface area contributed by atoms with Crippen molar-refractivity contribution in [3.8, 4) is 0 Å². The average Bonchev–Trinajstić information content (AvgIpc) is 2.47. The molecule has 1 N–H and O–H groups in total. The third kappa shape index (κ3) is 3.05. The van der Waals surface area contributed by atoms with E-state index in [4.69, 9.17) is 16.0 Å². The number of carbonyl (C=O) groups excluding carboxylic acids is 1. The molecule has 0 fully saturated rings. The number of halogens is 2. The van der Waals surface area contributed by atoms with Gasteiger partial charge in [-0.05, 0) is 42.5 Å². The van der Waals surface area contributed by atoms with Gasteiger partial charge in [-0.3, -0.25) is 4.79 Å². The van der Waals surface area contributed by atoms with Gasteiger partial charge < -0.3 is 9.73 Å². The molecule has 0 saturated heterocycles. The molecule has 0 aliphatic heterocycles. The highest BCUT2D eigenvalue weighted by Crippen LogP contribution is 2.20. The van der Waals surface area contributed by atoms with E-state index in [0.717, 1.165) is 4.47 Å². The van der Waals surface area contributed by atoms with Gasteiger partial charge in [-0.15, -0.1) is 0 Å². The molecular weight excluding hydrogens is 370 g/mol. The number of carbonyl (C=O) groups is 1. The van der Waals surface area contributed by atoms with Gasteiger partial charge in [-0.25, -0.2) is 4.79 Å². The Kier molecular flexibility index (Phi) is 4.00. The summed E-state index contributed by atoms with van der Waals surface area (Å²) in [5, 5.41) is 3.75. The first kappa shape index (κ1) is 14.8. The van der Waals surface area contributed by atoms with Gasteiger partial charge in [-0.2, -0.15) is 0 Å². The number of hydrogen-bond donors (Lipinski definition) is 1. The third-order valence-corrected chi connectivity index (χ3v) is 3.75. The van der Waals surface area contributed by atoms with E-state index in [1.54, 1.807) is 36.4 Å². The summed E-state index contributed by atoms with van der Waals surface area (Å²) in [6.45, 7) is 0. The molecule has 0 radical (unpaired) electrons. The fourth-order valence-electron chi connectivity index (χ4n) is 2.02. The van der Waals surface area contributed by atoms with Crippen LogP contribution in [0, 0.1) is 0 Å². The lowest BCUT2D eigenvalue weighted by Gasteiger charge is -2.05. The van der Waals surface area contributed by atoms with Crippen LogP contribution < -0.4 is 10.9 Å². The molecule has 1 amide bonds. The van der Waals surface area contributed by atoms with Crippen molar-refractivity contribution in [1.82, 2.24) is 0 Å². The standard InChI is InChI=1S/C16H9BrClNO3/c17-10-2-1-3-12(8-10)19-15(20)13-7-9-6-11(18)4-5-14(9)22-16(13)21/h1-8H,(H,19,20). The summed E-state index contributed by atoms with van der Waals surface area (Å²) in [5.74, 6) is -0.534. The second-order valence-electron chi connectivity index (χ2n) is 4.59. The smallest absolute Gasteiger partial charge is 0.349 e. The lowest BCUT2D eigenvalue weighted by Crippen LogP contribution is -2.20. The summed E-state index contributed by atoms with van der Waals surface area (Å²) in [6.07, 6.45) is 0. The highest BCUT2D eigenvalue weighted by atomic mass is 79.9. The predicted molar refractivity (Wildman–Crippen MR) is 89.6 cm³/mol. The second-order valence-corrected chi connectivity index (χ2v) is 5.95. The Morgan fingerprint density at radius 3 is 2.73 bits per heavy atom. The van der Waals surface area contributed by atoms with E-state index in [-0.39, 0.29) is 5.56 Å². The molecule has 0 aliphatic carbocycles. The zero-order valence-corrected chi connectivity index (χ0v) is 13.4. The molecule has 0 aliphatic rings. The molecule has 3 rings (SSSR count). The van der Waals surface area contributed by atoms with Gasteiger partial charge in [0, 0.05) is 20.6 Å². The van der Waals surface area contributed by atoms with Gasteiger partial charge in [-0.1, -0.05) is 33.6 Å². The summed E-state index contributed by atoms with van der Waals surface area (Å²) in [5.41, 5.74) is 0.190. The van der Waals surface area contributed by atoms with Crippen LogP contribution in [0.4, 0.5) is 5.69 Å². The van der Waals surface area contributed by atoms with Crippen LogP contribution in [0.15, 0.2) is 62.2 Å². The van der Waals surface area contributed by atoms with Gasteiger partial charge in [0.1, 0.15) is 11.1 Å². The highest BCUT2D eigenvalue weighted by Gasteiger charge is 2.14. The van der Waals surface area contributed by atoms with Crippen LogP contribution in [-0.2, 0) is 0 Å². The van der Waals surface area contributed by atoms with Crippen molar-refractivity contribution >= 4 is 50.1 Å². The Balaban J connectivity index is 2.00. The van der Waals surface area contributed by atoms with E-state index in [9.17, 15) is 9.59 Å². The predicted octanol–water partition coefficient (Wildman–Crippen LogP) is 4.46. The Hall–Kier alpha value is -2.11. The van der Waals surface area contributed by atoms with Gasteiger partial charge in [0.15, 0.2) is 0 Å². The van der Waals surface area contributed by atoms with E-state index in [2.05, 4.69) is 21.2 Å². The molecule has 2 aromatic carbocycles. The Bertz CT molecular complexity index is 936. The molecule has 0 spiro atoms. The summed E-state index contributed by atoms with van der Waals surface area (Å²) in [4.78, 5) is 24.2. The molecular formula is C16H9BrClNO3. The van der Waals surface area contributed by atoms with Crippen molar-refractivity contribution in [2.24, 2.45) is 0 Å². The van der Waals surface area contributed by atoms with Crippen LogP contribution in [0.1, 0.15) is 10.4 Å². The molecule has 22 heavy (non-hydrogen) atoms. The van der Waals surface area contributed by atoms with Gasteiger partial charge in [0.25, 0.3) is 5.91 Å². The van der Waals surface area contributed by atoms with E-state index < -0.39 is 11.5 Å². The molecule has 0 saturated carbocycles. The molecule has 110 valence electrons. The SMILES string of the molecule is O=C(Nc1cccc(Br)c1)c1cc2cc(Cl)ccc2oc1=O. The van der Waals surface area contributed by atoms with E-state index in [0.29, 0.717) is 21.7 Å². The van der Waals surface area contributed by atoms with Crippen molar-refractivity contribution in [2.45, 2.75) is 0 Å². The molecule has 0 atom stereocenters. The Morgan fingerprint density at radius 2 is 1.95 bits per heavy atom. The first-order valence-electron chi connectivity index (χ1n) is 6.33. The monoisotopic (exact) mass is 377 g/mol. The molecule has 0 bridgehead atoms. The van der Waals surface area contributed by atoms with Crippen LogP contribution >= 0.6 is 27.5 Å². The normalized spacial score (nSPS) is 10.6. The van der Waals surface area contributed by atoms with Crippen LogP contribution in [-0.4, -0.2) is 5.91 Å². The van der Waals surface area contributed by atoms with E-state index >= 15 is 0 Å². The summed E-state index contributed by atoms with van der Waals surface area (Å²) in [6, 6.07) is 13.4. The minimum atomic E-state index is -0.692. The number of amides is 1. The summed E-state index contributed by atoms with van der Waals surface area (Å²) < 4.78 is 5.97.